The molecule has 5 heteroatoms. The van der Waals surface area contributed by atoms with Crippen LogP contribution in [-0.2, 0) is 6.42 Å². The Labute approximate surface area is 108 Å². The predicted molar refractivity (Wildman–Crippen MR) is 69.6 cm³/mol. The van der Waals surface area contributed by atoms with Crippen molar-refractivity contribution < 1.29 is 9.52 Å². The van der Waals surface area contributed by atoms with Gasteiger partial charge in [-0.15, -0.1) is 0 Å². The average Bonchev–Trinajstić information content (AvgIpc) is 2.86. The number of oxazole rings is 1. The molecule has 0 aliphatic carbocycles. The molecule has 5 nitrogen and oxygen atoms in total. The van der Waals surface area contributed by atoms with E-state index >= 15 is 0 Å². The first-order valence-corrected chi connectivity index (χ1v) is 6.65. The van der Waals surface area contributed by atoms with Gasteiger partial charge < -0.3 is 19.3 Å². The zero-order valence-electron chi connectivity index (χ0n) is 11.3. The molecule has 2 heterocycles. The fraction of sp³-hybridized carbons (Fsp3) is 0.769. The predicted octanol–water partition coefficient (Wildman–Crippen LogP) is 0.560. The van der Waals surface area contributed by atoms with Crippen LogP contribution in [0, 0.1) is 0 Å². The van der Waals surface area contributed by atoms with Crippen LogP contribution < -0.4 is 0 Å². The normalized spacial score (nSPS) is 20.2. The molecule has 0 saturated carbocycles. The van der Waals surface area contributed by atoms with Crippen molar-refractivity contribution in [3.05, 3.63) is 17.8 Å². The first-order valence-electron chi connectivity index (χ1n) is 6.65. The minimum absolute atomic E-state index is 0.0369. The summed E-state index contributed by atoms with van der Waals surface area (Å²) in [5, 5.41) is 9.06. The summed E-state index contributed by atoms with van der Waals surface area (Å²) in [6.45, 7) is 7.56. The third-order valence-electron chi connectivity index (χ3n) is 3.57. The van der Waals surface area contributed by atoms with E-state index in [1.165, 1.54) is 0 Å². The molecular weight excluding hydrogens is 230 g/mol. The van der Waals surface area contributed by atoms with Gasteiger partial charge >= 0.3 is 0 Å². The SMILES string of the molecule is CC(CO)c1cnc(CCN2CCN(C)CC2)o1. The molecule has 1 aromatic heterocycles. The van der Waals surface area contributed by atoms with Crippen LogP contribution in [0.15, 0.2) is 10.6 Å². The molecule has 0 radical (unpaired) electrons. The molecule has 1 N–H and O–H groups in total. The van der Waals surface area contributed by atoms with Crippen molar-refractivity contribution in [1.29, 1.82) is 0 Å². The number of rotatable bonds is 5. The van der Waals surface area contributed by atoms with Crippen LogP contribution in [0.25, 0.3) is 0 Å². The van der Waals surface area contributed by atoms with E-state index in [1.54, 1.807) is 6.20 Å². The van der Waals surface area contributed by atoms with Gasteiger partial charge in [-0.3, -0.25) is 0 Å². The number of hydrogen-bond acceptors (Lipinski definition) is 5. The Kier molecular flexibility index (Phi) is 4.74. The van der Waals surface area contributed by atoms with Crippen molar-refractivity contribution in [1.82, 2.24) is 14.8 Å². The number of piperazine rings is 1. The van der Waals surface area contributed by atoms with Gasteiger partial charge in [0, 0.05) is 45.1 Å². The van der Waals surface area contributed by atoms with Gasteiger partial charge in [-0.1, -0.05) is 6.92 Å². The first-order chi connectivity index (χ1) is 8.69. The standard InChI is InChI=1S/C13H23N3O2/c1-11(10-17)12-9-14-13(18-12)3-4-16-7-5-15(2)6-8-16/h9,11,17H,3-8,10H2,1-2H3. The molecule has 0 amide bonds. The van der Waals surface area contributed by atoms with Gasteiger partial charge in [-0.25, -0.2) is 4.98 Å². The first kappa shape index (κ1) is 13.5. The second-order valence-electron chi connectivity index (χ2n) is 5.13. The monoisotopic (exact) mass is 253 g/mol. The van der Waals surface area contributed by atoms with Crippen molar-refractivity contribution >= 4 is 0 Å². The fourth-order valence-electron chi connectivity index (χ4n) is 2.08. The largest absolute Gasteiger partial charge is 0.445 e. The summed E-state index contributed by atoms with van der Waals surface area (Å²) in [5.41, 5.74) is 0. The van der Waals surface area contributed by atoms with Gasteiger partial charge in [0.25, 0.3) is 0 Å². The third-order valence-corrected chi connectivity index (χ3v) is 3.57. The molecule has 1 saturated heterocycles. The van der Waals surface area contributed by atoms with Gasteiger partial charge in [-0.2, -0.15) is 0 Å². The molecule has 18 heavy (non-hydrogen) atoms. The topological polar surface area (TPSA) is 52.7 Å². The van der Waals surface area contributed by atoms with Crippen molar-refractivity contribution in [2.75, 3.05) is 46.4 Å². The average molecular weight is 253 g/mol. The second kappa shape index (κ2) is 6.31. The maximum atomic E-state index is 9.06. The Morgan fingerprint density at radius 3 is 2.78 bits per heavy atom. The molecule has 0 bridgehead atoms. The van der Waals surface area contributed by atoms with Gasteiger partial charge in [0.2, 0.25) is 0 Å². The minimum Gasteiger partial charge on any atom is -0.445 e. The Bertz CT molecular complexity index is 359. The highest BCUT2D eigenvalue weighted by atomic mass is 16.4. The van der Waals surface area contributed by atoms with Gasteiger partial charge in [-0.05, 0) is 7.05 Å². The van der Waals surface area contributed by atoms with Crippen LogP contribution in [0.5, 0.6) is 0 Å². The highest BCUT2D eigenvalue weighted by molar-refractivity contribution is 5.00. The number of aromatic nitrogens is 1. The molecule has 102 valence electrons. The maximum absolute atomic E-state index is 9.06. The van der Waals surface area contributed by atoms with Gasteiger partial charge in [0.15, 0.2) is 5.89 Å². The zero-order chi connectivity index (χ0) is 13.0. The van der Waals surface area contributed by atoms with Crippen molar-refractivity contribution in [2.24, 2.45) is 0 Å². The quantitative estimate of drug-likeness (QED) is 0.831. The lowest BCUT2D eigenvalue weighted by Gasteiger charge is -2.31. The Morgan fingerprint density at radius 2 is 2.11 bits per heavy atom. The lowest BCUT2D eigenvalue weighted by atomic mass is 10.1. The summed E-state index contributed by atoms with van der Waals surface area (Å²) in [6, 6.07) is 0. The van der Waals surface area contributed by atoms with Gasteiger partial charge in [0.1, 0.15) is 5.76 Å². The Morgan fingerprint density at radius 1 is 1.39 bits per heavy atom. The molecule has 1 aliphatic heterocycles. The maximum Gasteiger partial charge on any atom is 0.195 e. The fourth-order valence-corrected chi connectivity index (χ4v) is 2.08. The smallest absolute Gasteiger partial charge is 0.195 e. The minimum atomic E-state index is 0.0369. The number of aliphatic hydroxyl groups is 1. The van der Waals surface area contributed by atoms with Crippen molar-refractivity contribution in [3.63, 3.8) is 0 Å². The Hall–Kier alpha value is -0.910. The molecule has 1 fully saturated rings. The van der Waals surface area contributed by atoms with E-state index in [4.69, 9.17) is 9.52 Å². The van der Waals surface area contributed by atoms with Crippen molar-refractivity contribution in [2.45, 2.75) is 19.3 Å². The van der Waals surface area contributed by atoms with Crippen LogP contribution in [0.4, 0.5) is 0 Å². The van der Waals surface area contributed by atoms with Crippen LogP contribution >= 0.6 is 0 Å². The molecule has 1 aliphatic rings. The number of likely N-dealkylation sites (N-methyl/N-ethyl adjacent to an activating group) is 1. The van der Waals surface area contributed by atoms with Crippen molar-refractivity contribution in [3.8, 4) is 0 Å². The molecule has 1 aromatic rings. The molecular formula is C13H23N3O2. The summed E-state index contributed by atoms with van der Waals surface area (Å²) in [6.07, 6.45) is 2.59. The van der Waals surface area contributed by atoms with Crippen LogP contribution in [0.2, 0.25) is 0 Å². The van der Waals surface area contributed by atoms with E-state index in [-0.39, 0.29) is 12.5 Å². The van der Waals surface area contributed by atoms with E-state index in [0.717, 1.165) is 50.8 Å². The van der Waals surface area contributed by atoms with E-state index < -0.39 is 0 Å². The van der Waals surface area contributed by atoms with E-state index in [0.29, 0.717) is 0 Å². The van der Waals surface area contributed by atoms with E-state index in [2.05, 4.69) is 21.8 Å². The lowest BCUT2D eigenvalue weighted by Crippen LogP contribution is -2.45. The van der Waals surface area contributed by atoms with Crippen LogP contribution in [-0.4, -0.2) is 66.3 Å². The van der Waals surface area contributed by atoms with Gasteiger partial charge in [0.05, 0.1) is 12.8 Å². The number of hydrogen-bond donors (Lipinski definition) is 1. The third kappa shape index (κ3) is 3.54. The lowest BCUT2D eigenvalue weighted by molar-refractivity contribution is 0.153. The summed E-state index contributed by atoms with van der Waals surface area (Å²) in [7, 11) is 2.16. The molecule has 2 rings (SSSR count). The zero-order valence-corrected chi connectivity index (χ0v) is 11.3. The second-order valence-corrected chi connectivity index (χ2v) is 5.13. The molecule has 0 spiro atoms. The van der Waals surface area contributed by atoms with E-state index in [1.807, 2.05) is 6.92 Å². The summed E-state index contributed by atoms with van der Waals surface area (Å²) < 4.78 is 5.64. The van der Waals surface area contributed by atoms with Crippen LogP contribution in [0.3, 0.4) is 0 Å². The van der Waals surface area contributed by atoms with E-state index in [9.17, 15) is 0 Å². The molecule has 0 aromatic carbocycles. The van der Waals surface area contributed by atoms with Crippen LogP contribution in [0.1, 0.15) is 24.5 Å². The Balaban J connectivity index is 1.78. The number of aliphatic hydroxyl groups excluding tert-OH is 1. The number of nitrogens with zero attached hydrogens (tertiary/aromatic N) is 3. The summed E-state index contributed by atoms with van der Waals surface area (Å²) >= 11 is 0. The molecule has 1 atom stereocenters. The summed E-state index contributed by atoms with van der Waals surface area (Å²) in [4.78, 5) is 9.06. The highest BCUT2D eigenvalue weighted by Crippen LogP contribution is 2.15. The molecule has 1 unspecified atom stereocenters. The summed E-state index contributed by atoms with van der Waals surface area (Å²) in [5.74, 6) is 1.60. The highest BCUT2D eigenvalue weighted by Gasteiger charge is 2.15.